The minimum absolute atomic E-state index is 0.125. The minimum Gasteiger partial charge on any atom is -0.350 e. The van der Waals surface area contributed by atoms with Gasteiger partial charge >= 0.3 is 0 Å². The van der Waals surface area contributed by atoms with E-state index in [4.69, 9.17) is 0 Å². The third-order valence-electron chi connectivity index (χ3n) is 2.38. The predicted molar refractivity (Wildman–Crippen MR) is 69.8 cm³/mol. The number of nitrogens with one attached hydrogen (secondary N) is 2. The highest BCUT2D eigenvalue weighted by atomic mass is 15.2. The van der Waals surface area contributed by atoms with Crippen LogP contribution in [0, 0.1) is 0 Å². The Morgan fingerprint density at radius 1 is 0.941 bits per heavy atom. The highest BCUT2D eigenvalue weighted by molar-refractivity contribution is 5.40. The van der Waals surface area contributed by atoms with E-state index in [1.807, 2.05) is 36.4 Å². The number of aromatic nitrogens is 2. The zero-order chi connectivity index (χ0) is 11.9. The first kappa shape index (κ1) is 11.4. The van der Waals surface area contributed by atoms with E-state index >= 15 is 0 Å². The fourth-order valence-electron chi connectivity index (χ4n) is 1.49. The van der Waals surface area contributed by atoms with Crippen LogP contribution in [0.15, 0.2) is 48.8 Å². The summed E-state index contributed by atoms with van der Waals surface area (Å²) in [5.74, 6) is 1.73. The van der Waals surface area contributed by atoms with Crippen LogP contribution in [0.1, 0.15) is 13.3 Å². The lowest BCUT2D eigenvalue weighted by atomic mass is 10.3. The van der Waals surface area contributed by atoms with Gasteiger partial charge in [0, 0.05) is 12.4 Å². The second-order valence-corrected chi connectivity index (χ2v) is 3.68. The van der Waals surface area contributed by atoms with Crippen molar-refractivity contribution in [1.29, 1.82) is 0 Å². The summed E-state index contributed by atoms with van der Waals surface area (Å²) in [6, 6.07) is 11.6. The molecule has 0 aliphatic rings. The van der Waals surface area contributed by atoms with Gasteiger partial charge in [-0.05, 0) is 30.7 Å². The van der Waals surface area contributed by atoms with E-state index in [0.717, 1.165) is 18.1 Å². The van der Waals surface area contributed by atoms with Crippen molar-refractivity contribution in [1.82, 2.24) is 9.97 Å². The Morgan fingerprint density at radius 2 is 1.47 bits per heavy atom. The Kier molecular flexibility index (Phi) is 3.91. The number of nitrogens with zero attached hydrogens (tertiary/aromatic N) is 2. The molecular weight excluding hydrogens is 212 g/mol. The van der Waals surface area contributed by atoms with Gasteiger partial charge in [-0.2, -0.15) is 0 Å². The van der Waals surface area contributed by atoms with E-state index in [-0.39, 0.29) is 6.17 Å². The van der Waals surface area contributed by atoms with Crippen LogP contribution in [0.4, 0.5) is 11.6 Å². The number of hydrogen-bond donors (Lipinski definition) is 2. The van der Waals surface area contributed by atoms with Crippen LogP contribution in [0.5, 0.6) is 0 Å². The molecule has 0 bridgehead atoms. The average molecular weight is 228 g/mol. The van der Waals surface area contributed by atoms with Crippen LogP contribution in [0.3, 0.4) is 0 Å². The summed E-state index contributed by atoms with van der Waals surface area (Å²) in [4.78, 5) is 8.47. The highest BCUT2D eigenvalue weighted by Gasteiger charge is 2.06. The van der Waals surface area contributed by atoms with Gasteiger partial charge in [0.1, 0.15) is 11.6 Å². The molecule has 2 aromatic heterocycles. The quantitative estimate of drug-likeness (QED) is 0.773. The second kappa shape index (κ2) is 5.84. The van der Waals surface area contributed by atoms with Gasteiger partial charge in [-0.3, -0.25) is 0 Å². The standard InChI is InChI=1S/C13H16N4/c1-2-11(16-12-7-3-5-9-14-12)17-13-8-4-6-10-15-13/h3-11H,2H2,1H3,(H,14,16)(H,15,17). The summed E-state index contributed by atoms with van der Waals surface area (Å²) < 4.78 is 0. The van der Waals surface area contributed by atoms with Gasteiger partial charge in [-0.25, -0.2) is 9.97 Å². The smallest absolute Gasteiger partial charge is 0.127 e. The molecule has 0 saturated heterocycles. The topological polar surface area (TPSA) is 49.8 Å². The highest BCUT2D eigenvalue weighted by Crippen LogP contribution is 2.08. The molecule has 2 heterocycles. The second-order valence-electron chi connectivity index (χ2n) is 3.68. The summed E-state index contributed by atoms with van der Waals surface area (Å²) in [6.45, 7) is 2.11. The Hall–Kier alpha value is -2.10. The molecule has 2 N–H and O–H groups in total. The summed E-state index contributed by atoms with van der Waals surface area (Å²) in [5, 5.41) is 6.63. The normalized spacial score (nSPS) is 10.2. The van der Waals surface area contributed by atoms with Crippen LogP contribution >= 0.6 is 0 Å². The predicted octanol–water partition coefficient (Wildman–Crippen LogP) is 2.74. The van der Waals surface area contributed by atoms with Crippen LogP contribution < -0.4 is 10.6 Å². The van der Waals surface area contributed by atoms with Gasteiger partial charge in [0.15, 0.2) is 0 Å². The van der Waals surface area contributed by atoms with Crippen LogP contribution in [0.2, 0.25) is 0 Å². The monoisotopic (exact) mass is 228 g/mol. The number of rotatable bonds is 5. The number of hydrogen-bond acceptors (Lipinski definition) is 4. The molecule has 0 aliphatic carbocycles. The fraction of sp³-hybridized carbons (Fsp3) is 0.231. The van der Waals surface area contributed by atoms with Crippen LogP contribution in [0.25, 0.3) is 0 Å². The molecule has 17 heavy (non-hydrogen) atoms. The van der Waals surface area contributed by atoms with E-state index in [2.05, 4.69) is 27.5 Å². The SMILES string of the molecule is CCC(Nc1ccccn1)Nc1ccccn1. The lowest BCUT2D eigenvalue weighted by Gasteiger charge is -2.19. The van der Waals surface area contributed by atoms with Gasteiger partial charge in [0.2, 0.25) is 0 Å². The summed E-state index contributed by atoms with van der Waals surface area (Å²) in [6.07, 6.45) is 4.61. The maximum absolute atomic E-state index is 4.24. The van der Waals surface area contributed by atoms with Crippen molar-refractivity contribution < 1.29 is 0 Å². The van der Waals surface area contributed by atoms with Crippen molar-refractivity contribution >= 4 is 11.6 Å². The van der Waals surface area contributed by atoms with Crippen molar-refractivity contribution in [2.75, 3.05) is 10.6 Å². The molecule has 0 atom stereocenters. The molecule has 0 radical (unpaired) electrons. The third-order valence-corrected chi connectivity index (χ3v) is 2.38. The molecule has 2 aromatic rings. The van der Waals surface area contributed by atoms with E-state index in [1.54, 1.807) is 12.4 Å². The van der Waals surface area contributed by atoms with E-state index in [1.165, 1.54) is 0 Å². The molecule has 0 unspecified atom stereocenters. The minimum atomic E-state index is 0.125. The Balaban J connectivity index is 1.98. The van der Waals surface area contributed by atoms with Crippen molar-refractivity contribution in [3.63, 3.8) is 0 Å². The first-order valence-corrected chi connectivity index (χ1v) is 5.73. The van der Waals surface area contributed by atoms with Crippen molar-refractivity contribution in [3.05, 3.63) is 48.8 Å². The van der Waals surface area contributed by atoms with Gasteiger partial charge in [0.05, 0.1) is 6.17 Å². The maximum Gasteiger partial charge on any atom is 0.127 e. The zero-order valence-corrected chi connectivity index (χ0v) is 9.80. The molecule has 4 nitrogen and oxygen atoms in total. The molecule has 2 rings (SSSR count). The average Bonchev–Trinajstić information content (AvgIpc) is 2.40. The largest absolute Gasteiger partial charge is 0.350 e. The molecule has 0 aromatic carbocycles. The lowest BCUT2D eigenvalue weighted by Crippen LogP contribution is -2.28. The lowest BCUT2D eigenvalue weighted by molar-refractivity contribution is 0.769. The number of pyridine rings is 2. The van der Waals surface area contributed by atoms with Gasteiger partial charge in [-0.1, -0.05) is 19.1 Å². The summed E-state index contributed by atoms with van der Waals surface area (Å²) in [7, 11) is 0. The molecular formula is C13H16N4. The summed E-state index contributed by atoms with van der Waals surface area (Å²) in [5.41, 5.74) is 0. The summed E-state index contributed by atoms with van der Waals surface area (Å²) >= 11 is 0. The van der Waals surface area contributed by atoms with Crippen LogP contribution in [-0.2, 0) is 0 Å². The van der Waals surface area contributed by atoms with Crippen molar-refractivity contribution in [2.45, 2.75) is 19.5 Å². The van der Waals surface area contributed by atoms with Gasteiger partial charge < -0.3 is 10.6 Å². The zero-order valence-electron chi connectivity index (χ0n) is 9.80. The molecule has 4 heteroatoms. The van der Waals surface area contributed by atoms with Crippen molar-refractivity contribution in [2.24, 2.45) is 0 Å². The van der Waals surface area contributed by atoms with Crippen LogP contribution in [-0.4, -0.2) is 16.1 Å². The maximum atomic E-state index is 4.24. The van der Waals surface area contributed by atoms with Gasteiger partial charge in [-0.15, -0.1) is 0 Å². The van der Waals surface area contributed by atoms with Crippen molar-refractivity contribution in [3.8, 4) is 0 Å². The molecule has 0 saturated carbocycles. The Bertz CT molecular complexity index is 388. The Morgan fingerprint density at radius 3 is 1.82 bits per heavy atom. The van der Waals surface area contributed by atoms with E-state index < -0.39 is 0 Å². The van der Waals surface area contributed by atoms with Gasteiger partial charge in [0.25, 0.3) is 0 Å². The molecule has 0 amide bonds. The molecule has 0 spiro atoms. The van der Waals surface area contributed by atoms with E-state index in [9.17, 15) is 0 Å². The third kappa shape index (κ3) is 3.45. The number of anilines is 2. The Labute approximate surface area is 101 Å². The molecule has 88 valence electrons. The fourth-order valence-corrected chi connectivity index (χ4v) is 1.49. The first-order valence-electron chi connectivity index (χ1n) is 5.73. The van der Waals surface area contributed by atoms with E-state index in [0.29, 0.717) is 0 Å². The first-order chi connectivity index (χ1) is 8.38. The molecule has 0 aliphatic heterocycles. The molecule has 0 fully saturated rings.